The maximum absolute atomic E-state index is 11.8. The van der Waals surface area contributed by atoms with Crippen LogP contribution >= 0.6 is 11.3 Å². The first kappa shape index (κ1) is 15.3. The number of nitrogens with two attached hydrogens (primary N) is 1. The van der Waals surface area contributed by atoms with Gasteiger partial charge >= 0.3 is 0 Å². The summed E-state index contributed by atoms with van der Waals surface area (Å²) >= 11 is 1.24. The molecule has 1 saturated heterocycles. The molecule has 2 heterocycles. The van der Waals surface area contributed by atoms with E-state index in [1.165, 1.54) is 50.2 Å². The highest BCUT2D eigenvalue weighted by atomic mass is 32.1. The molecule has 0 aliphatic carbocycles. The molecule has 2 rings (SSSR count). The molecule has 0 atom stereocenters. The predicted octanol–water partition coefficient (Wildman–Crippen LogP) is 1.97. The number of carbonyl (C=O) groups is 1. The number of piperidine rings is 1. The van der Waals surface area contributed by atoms with Crippen molar-refractivity contribution in [1.29, 1.82) is 0 Å². The first-order chi connectivity index (χ1) is 9.69. The summed E-state index contributed by atoms with van der Waals surface area (Å²) in [6, 6.07) is 0. The highest BCUT2D eigenvalue weighted by Gasteiger charge is 2.18. The number of rotatable bonds is 6. The van der Waals surface area contributed by atoms with Gasteiger partial charge in [0.1, 0.15) is 4.88 Å². The molecule has 112 valence electrons. The van der Waals surface area contributed by atoms with Gasteiger partial charge in [0.2, 0.25) is 0 Å². The number of anilines is 1. The van der Waals surface area contributed by atoms with Gasteiger partial charge in [-0.1, -0.05) is 18.3 Å². The van der Waals surface area contributed by atoms with Crippen LogP contribution in [0.2, 0.25) is 0 Å². The lowest BCUT2D eigenvalue weighted by Gasteiger charge is -2.31. The van der Waals surface area contributed by atoms with Gasteiger partial charge in [0.05, 0.1) is 6.20 Å². The molecular formula is C14H24N4OS. The molecule has 0 aromatic carbocycles. The van der Waals surface area contributed by atoms with Crippen molar-refractivity contribution in [2.24, 2.45) is 5.92 Å². The molecule has 1 aliphatic rings. The van der Waals surface area contributed by atoms with Crippen molar-refractivity contribution in [3.8, 4) is 0 Å². The summed E-state index contributed by atoms with van der Waals surface area (Å²) in [5, 5.41) is 3.40. The van der Waals surface area contributed by atoms with E-state index in [0.717, 1.165) is 18.9 Å². The van der Waals surface area contributed by atoms with E-state index in [1.807, 2.05) is 0 Å². The van der Waals surface area contributed by atoms with E-state index in [2.05, 4.69) is 22.1 Å². The summed E-state index contributed by atoms with van der Waals surface area (Å²) in [4.78, 5) is 18.9. The highest BCUT2D eigenvalue weighted by Crippen LogP contribution is 2.20. The molecule has 20 heavy (non-hydrogen) atoms. The Bertz CT molecular complexity index is 427. The summed E-state index contributed by atoms with van der Waals surface area (Å²) in [6.07, 6.45) is 6.35. The zero-order chi connectivity index (χ0) is 14.4. The third kappa shape index (κ3) is 4.45. The molecule has 5 nitrogen and oxygen atoms in total. The van der Waals surface area contributed by atoms with Crippen LogP contribution < -0.4 is 11.1 Å². The number of nitrogens with one attached hydrogen (secondary N) is 1. The Morgan fingerprint density at radius 1 is 1.55 bits per heavy atom. The van der Waals surface area contributed by atoms with Gasteiger partial charge in [-0.05, 0) is 51.2 Å². The summed E-state index contributed by atoms with van der Waals surface area (Å²) < 4.78 is 0. The van der Waals surface area contributed by atoms with Crippen LogP contribution in [0.3, 0.4) is 0 Å². The number of likely N-dealkylation sites (tertiary alicyclic amines) is 1. The largest absolute Gasteiger partial charge is 0.375 e. The second-order valence-corrected chi connectivity index (χ2v) is 6.45. The third-order valence-electron chi connectivity index (χ3n) is 3.83. The van der Waals surface area contributed by atoms with Crippen LogP contribution in [0.25, 0.3) is 0 Å². The quantitative estimate of drug-likeness (QED) is 0.842. The molecule has 6 heteroatoms. The Kier molecular flexibility index (Phi) is 5.79. The number of nitrogens with zero attached hydrogens (tertiary/aromatic N) is 2. The number of aromatic nitrogens is 1. The van der Waals surface area contributed by atoms with Crippen LogP contribution in [0.15, 0.2) is 6.20 Å². The van der Waals surface area contributed by atoms with Gasteiger partial charge in [0.25, 0.3) is 5.91 Å². The number of carbonyl (C=O) groups excluding carboxylic acids is 1. The average molecular weight is 296 g/mol. The lowest BCUT2D eigenvalue weighted by atomic mass is 9.93. The number of thiazole rings is 1. The van der Waals surface area contributed by atoms with E-state index in [1.54, 1.807) is 6.20 Å². The van der Waals surface area contributed by atoms with Crippen molar-refractivity contribution >= 4 is 22.4 Å². The van der Waals surface area contributed by atoms with Crippen LogP contribution in [-0.4, -0.2) is 42.0 Å². The monoisotopic (exact) mass is 296 g/mol. The Hall–Kier alpha value is -1.14. The van der Waals surface area contributed by atoms with Gasteiger partial charge < -0.3 is 16.0 Å². The van der Waals surface area contributed by atoms with E-state index in [4.69, 9.17) is 5.73 Å². The molecule has 3 N–H and O–H groups in total. The molecule has 1 fully saturated rings. The highest BCUT2D eigenvalue weighted by molar-refractivity contribution is 7.17. The molecule has 1 amide bonds. The van der Waals surface area contributed by atoms with Crippen LogP contribution in [0.1, 0.15) is 42.3 Å². The van der Waals surface area contributed by atoms with E-state index >= 15 is 0 Å². The number of hydrogen-bond acceptors (Lipinski definition) is 5. The van der Waals surface area contributed by atoms with E-state index in [9.17, 15) is 4.79 Å². The fourth-order valence-electron chi connectivity index (χ4n) is 2.68. The van der Waals surface area contributed by atoms with Crippen LogP contribution in [0.5, 0.6) is 0 Å². The Morgan fingerprint density at radius 2 is 2.30 bits per heavy atom. The van der Waals surface area contributed by atoms with E-state index in [-0.39, 0.29) is 5.91 Å². The maximum atomic E-state index is 11.8. The number of hydrogen-bond donors (Lipinski definition) is 2. The molecule has 0 saturated carbocycles. The topological polar surface area (TPSA) is 71.2 Å². The molecule has 1 aliphatic heterocycles. The zero-order valence-corrected chi connectivity index (χ0v) is 12.9. The fourth-order valence-corrected chi connectivity index (χ4v) is 3.29. The van der Waals surface area contributed by atoms with Crippen LogP contribution in [0.4, 0.5) is 5.13 Å². The lowest BCUT2D eigenvalue weighted by Crippen LogP contribution is -2.35. The van der Waals surface area contributed by atoms with E-state index < -0.39 is 0 Å². The maximum Gasteiger partial charge on any atom is 0.263 e. The molecule has 0 bridgehead atoms. The van der Waals surface area contributed by atoms with Gasteiger partial charge in [-0.25, -0.2) is 4.98 Å². The summed E-state index contributed by atoms with van der Waals surface area (Å²) in [5.74, 6) is 0.692. The smallest absolute Gasteiger partial charge is 0.263 e. The van der Waals surface area contributed by atoms with Gasteiger partial charge in [-0.2, -0.15) is 0 Å². The van der Waals surface area contributed by atoms with Crippen LogP contribution in [0, 0.1) is 5.92 Å². The first-order valence-electron chi connectivity index (χ1n) is 7.41. The molecule has 1 aromatic heterocycles. The third-order valence-corrected chi connectivity index (χ3v) is 4.66. The normalized spacial score (nSPS) is 17.2. The van der Waals surface area contributed by atoms with Gasteiger partial charge in [-0.15, -0.1) is 0 Å². The van der Waals surface area contributed by atoms with Crippen molar-refractivity contribution in [3.63, 3.8) is 0 Å². The van der Waals surface area contributed by atoms with Gasteiger partial charge in [0, 0.05) is 6.54 Å². The number of amides is 1. The summed E-state index contributed by atoms with van der Waals surface area (Å²) in [6.45, 7) is 6.61. The Labute approximate surface area is 124 Å². The second-order valence-electron chi connectivity index (χ2n) is 5.39. The van der Waals surface area contributed by atoms with Crippen molar-refractivity contribution < 1.29 is 4.79 Å². The van der Waals surface area contributed by atoms with Crippen molar-refractivity contribution in [1.82, 2.24) is 15.2 Å². The van der Waals surface area contributed by atoms with Gasteiger partial charge in [0.15, 0.2) is 5.13 Å². The first-order valence-corrected chi connectivity index (χ1v) is 8.22. The molecule has 0 unspecified atom stereocenters. The summed E-state index contributed by atoms with van der Waals surface area (Å²) in [5.41, 5.74) is 5.52. The summed E-state index contributed by atoms with van der Waals surface area (Å²) in [7, 11) is 0. The minimum Gasteiger partial charge on any atom is -0.375 e. The minimum absolute atomic E-state index is 0.0531. The lowest BCUT2D eigenvalue weighted by molar-refractivity contribution is 0.0952. The molecule has 0 radical (unpaired) electrons. The van der Waals surface area contributed by atoms with Gasteiger partial charge in [-0.3, -0.25) is 4.79 Å². The number of nitrogen functional groups attached to an aromatic ring is 1. The standard InChI is InChI=1S/C14H24N4OS/c1-2-7-18-8-4-11(5-9-18)3-6-16-13(19)12-10-17-14(15)20-12/h10-11H,2-9H2,1H3,(H2,15,17)(H,16,19). The minimum atomic E-state index is -0.0531. The fraction of sp³-hybridized carbons (Fsp3) is 0.714. The Balaban J connectivity index is 1.63. The SMILES string of the molecule is CCCN1CCC(CCNC(=O)c2cnc(N)s2)CC1. The predicted molar refractivity (Wildman–Crippen MR) is 82.9 cm³/mol. The molecule has 1 aromatic rings. The molecule has 0 spiro atoms. The van der Waals surface area contributed by atoms with Crippen molar-refractivity contribution in [3.05, 3.63) is 11.1 Å². The zero-order valence-electron chi connectivity index (χ0n) is 12.1. The Morgan fingerprint density at radius 3 is 2.90 bits per heavy atom. The van der Waals surface area contributed by atoms with Crippen molar-refractivity contribution in [2.45, 2.75) is 32.6 Å². The second kappa shape index (κ2) is 7.59. The average Bonchev–Trinajstić information content (AvgIpc) is 2.88. The van der Waals surface area contributed by atoms with Crippen molar-refractivity contribution in [2.75, 3.05) is 31.9 Å². The van der Waals surface area contributed by atoms with Crippen LogP contribution in [-0.2, 0) is 0 Å². The molecular weight excluding hydrogens is 272 g/mol. The van der Waals surface area contributed by atoms with E-state index in [0.29, 0.717) is 10.0 Å².